The highest BCUT2D eigenvalue weighted by Gasteiger charge is 2.20. The van der Waals surface area contributed by atoms with Crippen molar-refractivity contribution in [3.05, 3.63) is 55.5 Å². The number of benzene rings is 2. The lowest BCUT2D eigenvalue weighted by molar-refractivity contribution is 0.0686. The fourth-order valence-electron chi connectivity index (χ4n) is 1.82. The van der Waals surface area contributed by atoms with Gasteiger partial charge in [-0.25, -0.2) is 36.7 Å². The Morgan fingerprint density at radius 3 is 1.09 bits per heavy atom. The van der Waals surface area contributed by atoms with Gasteiger partial charge in [0, 0.05) is 13.1 Å². The molecule has 0 aliphatic carbocycles. The quantitative estimate of drug-likeness (QED) is 0.289. The minimum Gasteiger partial charge on any atom is -0.478 e. The van der Waals surface area contributed by atoms with Crippen LogP contribution in [0.2, 0.25) is 20.1 Å². The summed E-state index contributed by atoms with van der Waals surface area (Å²) in [4.78, 5) is 20.4. The van der Waals surface area contributed by atoms with Gasteiger partial charge in [0.05, 0.1) is 31.2 Å². The van der Waals surface area contributed by atoms with E-state index in [0.29, 0.717) is 13.1 Å². The van der Waals surface area contributed by atoms with Gasteiger partial charge in [-0.1, -0.05) is 46.4 Å². The number of carboxylic acid groups (broad SMARTS) is 2. The highest BCUT2D eigenvalue weighted by atomic mass is 35.5. The number of hydrogen-bond acceptors (Lipinski definition) is 8. The summed E-state index contributed by atoms with van der Waals surface area (Å²) in [5, 5.41) is 26.3. The first-order chi connectivity index (χ1) is 15.4. The normalized spacial score (nSPS) is 10.9. The van der Waals surface area contributed by atoms with Crippen LogP contribution >= 0.6 is 46.4 Å². The third-order valence-electron chi connectivity index (χ3n) is 3.28. The zero-order valence-corrected chi connectivity index (χ0v) is 21.4. The molecule has 0 radical (unpaired) electrons. The average molecular weight is 600 g/mol. The summed E-state index contributed by atoms with van der Waals surface area (Å²) in [6.45, 7) is 1.19. The average Bonchev–Trinajstić information content (AvgIpc) is 2.66. The number of aromatic carboxylic acids is 2. The molecule has 12 nitrogen and oxygen atoms in total. The van der Waals surface area contributed by atoms with Crippen molar-refractivity contribution in [3.63, 3.8) is 0 Å². The van der Waals surface area contributed by atoms with Crippen molar-refractivity contribution >= 4 is 78.4 Å². The van der Waals surface area contributed by atoms with Crippen molar-refractivity contribution in [1.82, 2.24) is 0 Å². The Morgan fingerprint density at radius 1 is 0.647 bits per heavy atom. The van der Waals surface area contributed by atoms with Gasteiger partial charge in [0.15, 0.2) is 0 Å². The molecule has 0 bridgehead atoms. The molecule has 34 heavy (non-hydrogen) atoms. The molecule has 2 aromatic carbocycles. The Bertz CT molecular complexity index is 1190. The van der Waals surface area contributed by atoms with E-state index in [9.17, 15) is 26.4 Å². The molecule has 190 valence electrons. The lowest BCUT2D eigenvalue weighted by atomic mass is 10.2. The molecule has 0 heterocycles. The lowest BCUT2D eigenvalue weighted by Gasteiger charge is -2.04. The molecule has 0 atom stereocenters. The van der Waals surface area contributed by atoms with Crippen molar-refractivity contribution < 1.29 is 36.6 Å². The molecule has 0 spiro atoms. The third-order valence-corrected chi connectivity index (χ3v) is 6.66. The molecule has 10 N–H and O–H groups in total. The number of sulfonamides is 2. The van der Waals surface area contributed by atoms with Crippen LogP contribution < -0.4 is 21.7 Å². The lowest BCUT2D eigenvalue weighted by Crippen LogP contribution is -2.14. The molecule has 0 saturated carbocycles. The minimum absolute atomic E-state index is 0.153. The van der Waals surface area contributed by atoms with Crippen LogP contribution in [0, 0.1) is 0 Å². The number of primary sulfonamides is 2. The molecule has 2 rings (SSSR count). The summed E-state index contributed by atoms with van der Waals surface area (Å²) in [5.74, 6) is -2.72. The van der Waals surface area contributed by atoms with Crippen LogP contribution in [0.1, 0.15) is 20.7 Å². The van der Waals surface area contributed by atoms with Gasteiger partial charge < -0.3 is 21.7 Å². The van der Waals surface area contributed by atoms with Crippen LogP contribution in [0.4, 0.5) is 0 Å². The van der Waals surface area contributed by atoms with Gasteiger partial charge in [-0.05, 0) is 24.3 Å². The smallest absolute Gasteiger partial charge is 0.337 e. The Kier molecular flexibility index (Phi) is 12.7. The van der Waals surface area contributed by atoms with Crippen LogP contribution in [-0.4, -0.2) is 52.1 Å². The van der Waals surface area contributed by atoms with Gasteiger partial charge in [-0.3, -0.25) is 0 Å². The van der Waals surface area contributed by atoms with E-state index < -0.39 is 41.8 Å². The Hall–Kier alpha value is -1.72. The Morgan fingerprint density at radius 2 is 0.912 bits per heavy atom. The maximum Gasteiger partial charge on any atom is 0.337 e. The molecule has 0 amide bonds. The monoisotopic (exact) mass is 598 g/mol. The molecular weight excluding hydrogens is 582 g/mol. The van der Waals surface area contributed by atoms with E-state index >= 15 is 0 Å². The highest BCUT2D eigenvalue weighted by Crippen LogP contribution is 2.28. The summed E-state index contributed by atoms with van der Waals surface area (Å²) in [6.07, 6.45) is 0. The predicted molar refractivity (Wildman–Crippen MR) is 128 cm³/mol. The van der Waals surface area contributed by atoms with E-state index in [-0.39, 0.29) is 31.2 Å². The maximum atomic E-state index is 11.0. The van der Waals surface area contributed by atoms with Crippen LogP contribution in [-0.2, 0) is 20.0 Å². The summed E-state index contributed by atoms with van der Waals surface area (Å²) in [7, 11) is -8.12. The number of rotatable bonds is 5. The van der Waals surface area contributed by atoms with Crippen LogP contribution in [0.3, 0.4) is 0 Å². The molecule has 0 aliphatic heterocycles. The van der Waals surface area contributed by atoms with E-state index in [1.807, 2.05) is 0 Å². The van der Waals surface area contributed by atoms with Gasteiger partial charge in [0.25, 0.3) is 0 Å². The summed E-state index contributed by atoms with van der Waals surface area (Å²) >= 11 is 22.2. The SMILES string of the molecule is NCCN.NS(=O)(=O)c1cc(C(=O)O)c(Cl)cc1Cl.NS(=O)(=O)c1cc(C(=O)O)c(Cl)cc1Cl. The van der Waals surface area contributed by atoms with Gasteiger partial charge in [0.1, 0.15) is 9.79 Å². The summed E-state index contributed by atoms with van der Waals surface area (Å²) in [6, 6.07) is 3.68. The van der Waals surface area contributed by atoms with Gasteiger partial charge in [-0.2, -0.15) is 0 Å². The molecule has 18 heteroatoms. The molecule has 0 saturated heterocycles. The topological polar surface area (TPSA) is 247 Å². The summed E-state index contributed by atoms with van der Waals surface area (Å²) < 4.78 is 44.0. The standard InChI is InChI=1S/2C7H5Cl2NO4S.C2H8N2/c2*8-4-2-5(9)6(15(10,13)14)1-3(4)7(11)12;3-1-2-4/h2*1-2H,(H,11,12)(H2,10,13,14);1-4H2. The van der Waals surface area contributed by atoms with Crippen LogP contribution in [0.25, 0.3) is 0 Å². The van der Waals surface area contributed by atoms with Gasteiger partial charge in [0.2, 0.25) is 20.0 Å². The predicted octanol–water partition coefficient (Wildman–Crippen LogP) is 1.58. The molecule has 0 aromatic heterocycles. The van der Waals surface area contributed by atoms with E-state index in [4.69, 9.17) is 78.4 Å². The van der Waals surface area contributed by atoms with Crippen molar-refractivity contribution in [2.24, 2.45) is 21.7 Å². The number of carbonyl (C=O) groups is 2. The van der Waals surface area contributed by atoms with Crippen molar-refractivity contribution in [1.29, 1.82) is 0 Å². The van der Waals surface area contributed by atoms with E-state index in [0.717, 1.165) is 24.3 Å². The number of halogens is 4. The fourth-order valence-corrected chi connectivity index (χ4v) is 4.62. The number of carboxylic acids is 2. The molecular formula is C16H18Cl4N4O8S2. The molecule has 0 fully saturated rings. The Balaban J connectivity index is 0.000000554. The van der Waals surface area contributed by atoms with Crippen LogP contribution in [0.5, 0.6) is 0 Å². The Labute approximate surface area is 214 Å². The second kappa shape index (κ2) is 13.4. The zero-order valence-electron chi connectivity index (χ0n) is 16.7. The first-order valence-corrected chi connectivity index (χ1v) is 12.9. The second-order valence-electron chi connectivity index (χ2n) is 5.80. The second-order valence-corrected chi connectivity index (χ2v) is 10.5. The zero-order chi connectivity index (χ0) is 27.0. The fraction of sp³-hybridized carbons (Fsp3) is 0.125. The largest absolute Gasteiger partial charge is 0.478 e. The molecule has 2 aromatic rings. The summed E-state index contributed by atoms with van der Waals surface area (Å²) in [5.41, 5.74) is 9.06. The highest BCUT2D eigenvalue weighted by molar-refractivity contribution is 7.89. The molecule has 0 unspecified atom stereocenters. The van der Waals surface area contributed by atoms with E-state index in [1.54, 1.807) is 0 Å². The van der Waals surface area contributed by atoms with Gasteiger partial charge >= 0.3 is 11.9 Å². The van der Waals surface area contributed by atoms with E-state index in [2.05, 4.69) is 0 Å². The van der Waals surface area contributed by atoms with Crippen LogP contribution in [0.15, 0.2) is 34.1 Å². The number of hydrogen-bond donors (Lipinski definition) is 6. The number of nitrogens with two attached hydrogens (primary N) is 4. The first kappa shape index (κ1) is 32.3. The molecule has 0 aliphatic rings. The minimum atomic E-state index is -4.06. The van der Waals surface area contributed by atoms with Crippen molar-refractivity contribution in [2.75, 3.05) is 13.1 Å². The first-order valence-electron chi connectivity index (χ1n) is 8.28. The van der Waals surface area contributed by atoms with Crippen molar-refractivity contribution in [2.45, 2.75) is 9.79 Å². The van der Waals surface area contributed by atoms with Crippen molar-refractivity contribution in [3.8, 4) is 0 Å². The van der Waals surface area contributed by atoms with E-state index in [1.165, 1.54) is 0 Å². The maximum absolute atomic E-state index is 11.0. The third kappa shape index (κ3) is 9.87. The van der Waals surface area contributed by atoms with Gasteiger partial charge in [-0.15, -0.1) is 0 Å².